The SMILES string of the molecule is CCc1cccc(N2CCNC(C(C)C)C2)c1. The summed E-state index contributed by atoms with van der Waals surface area (Å²) in [5, 5.41) is 3.61. The Labute approximate surface area is 105 Å². The van der Waals surface area contributed by atoms with Gasteiger partial charge in [0.2, 0.25) is 0 Å². The van der Waals surface area contributed by atoms with Gasteiger partial charge in [-0.25, -0.2) is 0 Å². The molecule has 94 valence electrons. The molecule has 1 heterocycles. The van der Waals surface area contributed by atoms with Crippen LogP contribution < -0.4 is 10.2 Å². The van der Waals surface area contributed by atoms with Gasteiger partial charge in [0.25, 0.3) is 0 Å². The second-order valence-corrected chi connectivity index (χ2v) is 5.27. The van der Waals surface area contributed by atoms with Crippen LogP contribution in [0.2, 0.25) is 0 Å². The Morgan fingerprint density at radius 1 is 1.41 bits per heavy atom. The first-order chi connectivity index (χ1) is 8.20. The predicted molar refractivity (Wildman–Crippen MR) is 74.7 cm³/mol. The molecule has 1 atom stereocenters. The molecule has 0 radical (unpaired) electrons. The maximum absolute atomic E-state index is 3.61. The van der Waals surface area contributed by atoms with E-state index in [0.717, 1.165) is 26.1 Å². The monoisotopic (exact) mass is 232 g/mol. The van der Waals surface area contributed by atoms with Crippen LogP contribution in [0.3, 0.4) is 0 Å². The smallest absolute Gasteiger partial charge is 0.0369 e. The van der Waals surface area contributed by atoms with E-state index in [1.54, 1.807) is 0 Å². The highest BCUT2D eigenvalue weighted by atomic mass is 15.2. The van der Waals surface area contributed by atoms with Crippen molar-refractivity contribution in [3.63, 3.8) is 0 Å². The molecular weight excluding hydrogens is 208 g/mol. The van der Waals surface area contributed by atoms with Crippen molar-refractivity contribution >= 4 is 5.69 Å². The molecule has 1 unspecified atom stereocenters. The standard InChI is InChI=1S/C15H24N2/c1-4-13-6-5-7-14(10-13)17-9-8-16-15(11-17)12(2)3/h5-7,10,12,15-16H,4,8-9,11H2,1-3H3. The number of aryl methyl sites for hydroxylation is 1. The summed E-state index contributed by atoms with van der Waals surface area (Å²) in [6.45, 7) is 10.2. The van der Waals surface area contributed by atoms with Gasteiger partial charge >= 0.3 is 0 Å². The minimum Gasteiger partial charge on any atom is -0.369 e. The van der Waals surface area contributed by atoms with E-state index in [0.29, 0.717) is 12.0 Å². The lowest BCUT2D eigenvalue weighted by Crippen LogP contribution is -2.53. The highest BCUT2D eigenvalue weighted by Gasteiger charge is 2.21. The molecular formula is C15H24N2. The number of hydrogen-bond donors (Lipinski definition) is 1. The first-order valence-electron chi connectivity index (χ1n) is 6.78. The minimum absolute atomic E-state index is 0.619. The molecule has 0 aromatic heterocycles. The molecule has 1 fully saturated rings. The molecule has 2 nitrogen and oxygen atoms in total. The van der Waals surface area contributed by atoms with Gasteiger partial charge in [0.05, 0.1) is 0 Å². The molecule has 0 amide bonds. The van der Waals surface area contributed by atoms with Gasteiger partial charge in [0.15, 0.2) is 0 Å². The van der Waals surface area contributed by atoms with Gasteiger partial charge in [-0.3, -0.25) is 0 Å². The summed E-state index contributed by atoms with van der Waals surface area (Å²) >= 11 is 0. The highest BCUT2D eigenvalue weighted by molar-refractivity contribution is 5.49. The zero-order chi connectivity index (χ0) is 12.3. The Bertz CT molecular complexity index is 360. The molecule has 0 bridgehead atoms. The Morgan fingerprint density at radius 3 is 2.94 bits per heavy atom. The van der Waals surface area contributed by atoms with Crippen molar-refractivity contribution in [2.75, 3.05) is 24.5 Å². The third-order valence-corrected chi connectivity index (χ3v) is 3.69. The summed E-state index contributed by atoms with van der Waals surface area (Å²) in [5.41, 5.74) is 2.82. The topological polar surface area (TPSA) is 15.3 Å². The zero-order valence-electron chi connectivity index (χ0n) is 11.2. The van der Waals surface area contributed by atoms with Gasteiger partial charge in [0.1, 0.15) is 0 Å². The molecule has 17 heavy (non-hydrogen) atoms. The first kappa shape index (κ1) is 12.4. The van der Waals surface area contributed by atoms with Gasteiger partial charge in [-0.15, -0.1) is 0 Å². The van der Waals surface area contributed by atoms with Crippen LogP contribution in [0.25, 0.3) is 0 Å². The van der Waals surface area contributed by atoms with Gasteiger partial charge in [-0.2, -0.15) is 0 Å². The normalized spacial score (nSPS) is 20.9. The number of nitrogens with zero attached hydrogens (tertiary/aromatic N) is 1. The summed E-state index contributed by atoms with van der Waals surface area (Å²) < 4.78 is 0. The first-order valence-corrected chi connectivity index (χ1v) is 6.78. The maximum atomic E-state index is 3.61. The molecule has 1 aliphatic heterocycles. The van der Waals surface area contributed by atoms with Crippen molar-refractivity contribution in [2.24, 2.45) is 5.92 Å². The fourth-order valence-electron chi connectivity index (χ4n) is 2.43. The molecule has 0 saturated carbocycles. The van der Waals surface area contributed by atoms with E-state index < -0.39 is 0 Å². The van der Waals surface area contributed by atoms with Crippen LogP contribution in [0, 0.1) is 5.92 Å². The number of benzene rings is 1. The van der Waals surface area contributed by atoms with Crippen LogP contribution in [-0.4, -0.2) is 25.7 Å². The van der Waals surface area contributed by atoms with E-state index in [1.165, 1.54) is 11.3 Å². The summed E-state index contributed by atoms with van der Waals surface area (Å²) in [6, 6.07) is 9.59. The van der Waals surface area contributed by atoms with E-state index in [1.807, 2.05) is 0 Å². The molecule has 1 aromatic rings. The van der Waals surface area contributed by atoms with Crippen LogP contribution >= 0.6 is 0 Å². The fraction of sp³-hybridized carbons (Fsp3) is 0.600. The second kappa shape index (κ2) is 5.54. The largest absolute Gasteiger partial charge is 0.369 e. The van der Waals surface area contributed by atoms with E-state index in [-0.39, 0.29) is 0 Å². The molecule has 1 aromatic carbocycles. The number of anilines is 1. The fourth-order valence-corrected chi connectivity index (χ4v) is 2.43. The van der Waals surface area contributed by atoms with Crippen LogP contribution in [0.5, 0.6) is 0 Å². The lowest BCUT2D eigenvalue weighted by molar-refractivity contribution is 0.368. The second-order valence-electron chi connectivity index (χ2n) is 5.27. The van der Waals surface area contributed by atoms with E-state index >= 15 is 0 Å². The Kier molecular flexibility index (Phi) is 4.06. The summed E-state index contributed by atoms with van der Waals surface area (Å²) in [4.78, 5) is 2.51. The quantitative estimate of drug-likeness (QED) is 0.862. The Balaban J connectivity index is 2.10. The highest BCUT2D eigenvalue weighted by Crippen LogP contribution is 2.19. The Morgan fingerprint density at radius 2 is 2.24 bits per heavy atom. The van der Waals surface area contributed by atoms with E-state index in [4.69, 9.17) is 0 Å². The third-order valence-electron chi connectivity index (χ3n) is 3.69. The van der Waals surface area contributed by atoms with Crippen LogP contribution in [-0.2, 0) is 6.42 Å². The number of piperazine rings is 1. The average Bonchev–Trinajstić information content (AvgIpc) is 2.39. The van der Waals surface area contributed by atoms with Crippen molar-refractivity contribution < 1.29 is 0 Å². The van der Waals surface area contributed by atoms with Crippen molar-refractivity contribution in [2.45, 2.75) is 33.2 Å². The molecule has 2 heteroatoms. The predicted octanol–water partition coefficient (Wildman–Crippen LogP) is 2.68. The van der Waals surface area contributed by atoms with E-state index in [2.05, 4.69) is 55.3 Å². The van der Waals surface area contributed by atoms with Gasteiger partial charge in [-0.1, -0.05) is 32.9 Å². The van der Waals surface area contributed by atoms with E-state index in [9.17, 15) is 0 Å². The van der Waals surface area contributed by atoms with Crippen molar-refractivity contribution in [1.29, 1.82) is 0 Å². The average molecular weight is 232 g/mol. The van der Waals surface area contributed by atoms with Gasteiger partial charge in [0, 0.05) is 31.4 Å². The molecule has 1 N–H and O–H groups in total. The lowest BCUT2D eigenvalue weighted by Gasteiger charge is -2.37. The van der Waals surface area contributed by atoms with Crippen LogP contribution in [0.15, 0.2) is 24.3 Å². The molecule has 1 aliphatic rings. The third kappa shape index (κ3) is 3.01. The van der Waals surface area contributed by atoms with Gasteiger partial charge in [-0.05, 0) is 30.0 Å². The maximum Gasteiger partial charge on any atom is 0.0369 e. The van der Waals surface area contributed by atoms with Crippen molar-refractivity contribution in [1.82, 2.24) is 5.32 Å². The summed E-state index contributed by atoms with van der Waals surface area (Å²) in [7, 11) is 0. The zero-order valence-corrected chi connectivity index (χ0v) is 11.2. The van der Waals surface area contributed by atoms with Crippen LogP contribution in [0.1, 0.15) is 26.3 Å². The lowest BCUT2D eigenvalue weighted by atomic mass is 10.0. The minimum atomic E-state index is 0.619. The summed E-state index contributed by atoms with van der Waals surface area (Å²) in [6.07, 6.45) is 1.12. The molecule has 0 spiro atoms. The molecule has 1 saturated heterocycles. The van der Waals surface area contributed by atoms with Crippen molar-refractivity contribution in [3.05, 3.63) is 29.8 Å². The summed E-state index contributed by atoms with van der Waals surface area (Å²) in [5.74, 6) is 0.701. The number of nitrogens with one attached hydrogen (secondary N) is 1. The molecule has 0 aliphatic carbocycles. The van der Waals surface area contributed by atoms with Crippen molar-refractivity contribution in [3.8, 4) is 0 Å². The molecule has 2 rings (SSSR count). The number of hydrogen-bond acceptors (Lipinski definition) is 2. The van der Waals surface area contributed by atoms with Crippen LogP contribution in [0.4, 0.5) is 5.69 Å². The number of rotatable bonds is 3. The Hall–Kier alpha value is -1.02. The van der Waals surface area contributed by atoms with Gasteiger partial charge < -0.3 is 10.2 Å².